The summed E-state index contributed by atoms with van der Waals surface area (Å²) < 4.78 is 6.36. The van der Waals surface area contributed by atoms with Gasteiger partial charge in [0.1, 0.15) is 5.78 Å². The van der Waals surface area contributed by atoms with Crippen LogP contribution < -0.4 is 0 Å². The van der Waals surface area contributed by atoms with Crippen LogP contribution in [0.2, 0.25) is 0 Å². The number of hydrogen-bond donors (Lipinski definition) is 1. The highest BCUT2D eigenvalue weighted by atomic mass is 16.5. The third-order valence-corrected chi connectivity index (χ3v) is 8.10. The molecule has 2 saturated carbocycles. The molecule has 0 saturated heterocycles. The highest BCUT2D eigenvalue weighted by molar-refractivity contribution is 5.85. The zero-order valence-corrected chi connectivity index (χ0v) is 19.5. The van der Waals surface area contributed by atoms with Crippen LogP contribution >= 0.6 is 0 Å². The lowest BCUT2D eigenvalue weighted by Crippen LogP contribution is -2.47. The Bertz CT molecular complexity index is 670. The SMILES string of the molecule is CC(C)CCC[C@@H](C)[C@H]1CC(=O)[C@H]2[C@H](CCO)[C@H](OCc3ccccc3)CC[C@]12C. The number of benzene rings is 1. The van der Waals surface area contributed by atoms with E-state index >= 15 is 0 Å². The summed E-state index contributed by atoms with van der Waals surface area (Å²) in [5.41, 5.74) is 1.23. The molecule has 1 aromatic carbocycles. The van der Waals surface area contributed by atoms with Crippen molar-refractivity contribution in [2.45, 2.75) is 85.4 Å². The lowest BCUT2D eigenvalue weighted by Gasteiger charge is -2.48. The molecule has 0 aromatic heterocycles. The predicted molar refractivity (Wildman–Crippen MR) is 122 cm³/mol. The summed E-state index contributed by atoms with van der Waals surface area (Å²) in [6.07, 6.45) is 7.25. The molecule has 3 rings (SSSR count). The van der Waals surface area contributed by atoms with Crippen LogP contribution in [0, 0.1) is 35.0 Å². The van der Waals surface area contributed by atoms with Crippen LogP contribution in [-0.2, 0) is 16.1 Å². The highest BCUT2D eigenvalue weighted by Gasteiger charge is 2.58. The van der Waals surface area contributed by atoms with Crippen molar-refractivity contribution in [2.24, 2.45) is 35.0 Å². The Hall–Kier alpha value is -1.19. The first-order valence-electron chi connectivity index (χ1n) is 12.2. The van der Waals surface area contributed by atoms with Gasteiger partial charge in [0.05, 0.1) is 12.7 Å². The molecule has 0 heterocycles. The maximum Gasteiger partial charge on any atom is 0.137 e. The molecule has 30 heavy (non-hydrogen) atoms. The summed E-state index contributed by atoms with van der Waals surface area (Å²) in [6, 6.07) is 10.3. The summed E-state index contributed by atoms with van der Waals surface area (Å²) >= 11 is 0. The van der Waals surface area contributed by atoms with Crippen molar-refractivity contribution in [3.8, 4) is 0 Å². The van der Waals surface area contributed by atoms with Gasteiger partial charge in [0.2, 0.25) is 0 Å². The van der Waals surface area contributed by atoms with Crippen molar-refractivity contribution in [2.75, 3.05) is 6.61 Å². The fourth-order valence-electron chi connectivity index (χ4n) is 6.51. The fourth-order valence-corrected chi connectivity index (χ4v) is 6.51. The molecule has 6 atom stereocenters. The second-order valence-corrected chi connectivity index (χ2v) is 10.6. The summed E-state index contributed by atoms with van der Waals surface area (Å²) in [6.45, 7) is 10.0. The van der Waals surface area contributed by atoms with Gasteiger partial charge in [0, 0.05) is 18.9 Å². The number of carbonyl (C=O) groups is 1. The average Bonchev–Trinajstić information content (AvgIpc) is 2.99. The first-order chi connectivity index (χ1) is 14.4. The highest BCUT2D eigenvalue weighted by Crippen LogP contribution is 2.59. The molecule has 168 valence electrons. The van der Waals surface area contributed by atoms with Crippen molar-refractivity contribution >= 4 is 5.78 Å². The molecular weight excluding hydrogens is 372 g/mol. The van der Waals surface area contributed by atoms with Crippen LogP contribution in [0.15, 0.2) is 30.3 Å². The summed E-state index contributed by atoms with van der Waals surface area (Å²) in [7, 11) is 0. The lowest BCUT2D eigenvalue weighted by atomic mass is 9.57. The van der Waals surface area contributed by atoms with Gasteiger partial charge in [-0.1, -0.05) is 77.3 Å². The van der Waals surface area contributed by atoms with Gasteiger partial charge in [-0.2, -0.15) is 0 Å². The first-order valence-corrected chi connectivity index (χ1v) is 12.2. The van der Waals surface area contributed by atoms with Crippen LogP contribution in [0.5, 0.6) is 0 Å². The van der Waals surface area contributed by atoms with Crippen LogP contribution in [0.25, 0.3) is 0 Å². The molecule has 0 radical (unpaired) electrons. The zero-order chi connectivity index (χ0) is 21.7. The Morgan fingerprint density at radius 1 is 1.17 bits per heavy atom. The van der Waals surface area contributed by atoms with Crippen LogP contribution in [0.3, 0.4) is 0 Å². The molecule has 1 N–H and O–H groups in total. The molecule has 0 spiro atoms. The minimum Gasteiger partial charge on any atom is -0.396 e. The van der Waals surface area contributed by atoms with E-state index in [2.05, 4.69) is 39.8 Å². The van der Waals surface area contributed by atoms with E-state index in [0.29, 0.717) is 30.6 Å². The topological polar surface area (TPSA) is 46.5 Å². The second-order valence-electron chi connectivity index (χ2n) is 10.6. The van der Waals surface area contributed by atoms with E-state index < -0.39 is 0 Å². The second kappa shape index (κ2) is 10.4. The number of Topliss-reactive ketones (excluding diaryl/α,β-unsaturated/α-hetero) is 1. The van der Waals surface area contributed by atoms with E-state index in [1.165, 1.54) is 24.8 Å². The largest absolute Gasteiger partial charge is 0.396 e. The Labute approximate surface area is 183 Å². The number of hydrogen-bond acceptors (Lipinski definition) is 3. The van der Waals surface area contributed by atoms with E-state index in [1.54, 1.807) is 0 Å². The van der Waals surface area contributed by atoms with Gasteiger partial charge < -0.3 is 9.84 Å². The van der Waals surface area contributed by atoms with Crippen LogP contribution in [-0.4, -0.2) is 23.6 Å². The Balaban J connectivity index is 1.70. The molecular formula is C27H42O3. The van der Waals surface area contributed by atoms with Gasteiger partial charge in [-0.3, -0.25) is 4.79 Å². The normalized spacial score (nSPS) is 32.4. The Morgan fingerprint density at radius 3 is 2.57 bits per heavy atom. The number of aliphatic hydroxyl groups is 1. The van der Waals surface area contributed by atoms with Gasteiger partial charge in [0.25, 0.3) is 0 Å². The summed E-state index contributed by atoms with van der Waals surface area (Å²) in [5.74, 6) is 2.40. The predicted octanol–water partition coefficient (Wildman–Crippen LogP) is 6.04. The zero-order valence-electron chi connectivity index (χ0n) is 19.5. The van der Waals surface area contributed by atoms with Crippen LogP contribution in [0.4, 0.5) is 0 Å². The standard InChI is InChI=1S/C27H42O3/c1-19(2)9-8-10-20(3)23-17-24(29)26-22(14-16-28)25(13-15-27(23,26)4)30-18-21-11-6-5-7-12-21/h5-7,11-12,19-20,22-23,25-26,28H,8-10,13-18H2,1-4H3/t20-,22-,23-,25-,26-,27-/m1/s1. The van der Waals surface area contributed by atoms with E-state index in [4.69, 9.17) is 4.74 Å². The van der Waals surface area contributed by atoms with Crippen molar-refractivity contribution in [1.82, 2.24) is 0 Å². The first kappa shape index (κ1) is 23.5. The molecule has 3 heteroatoms. The monoisotopic (exact) mass is 414 g/mol. The maximum absolute atomic E-state index is 13.3. The molecule has 0 amide bonds. The molecule has 2 aliphatic carbocycles. The summed E-state index contributed by atoms with van der Waals surface area (Å²) in [4.78, 5) is 13.3. The van der Waals surface area contributed by atoms with Gasteiger partial charge in [-0.05, 0) is 53.9 Å². The number of aliphatic hydroxyl groups excluding tert-OH is 1. The number of fused-ring (bicyclic) bond motifs is 1. The average molecular weight is 415 g/mol. The fraction of sp³-hybridized carbons (Fsp3) is 0.741. The Morgan fingerprint density at radius 2 is 1.90 bits per heavy atom. The van der Waals surface area contributed by atoms with Gasteiger partial charge in [-0.25, -0.2) is 0 Å². The minimum atomic E-state index is 0.0386. The Kier molecular flexibility index (Phi) is 8.15. The van der Waals surface area contributed by atoms with E-state index in [1.807, 2.05) is 18.2 Å². The van der Waals surface area contributed by atoms with Crippen molar-refractivity contribution < 1.29 is 14.6 Å². The van der Waals surface area contributed by atoms with E-state index in [0.717, 1.165) is 25.2 Å². The molecule has 0 bridgehead atoms. The van der Waals surface area contributed by atoms with Gasteiger partial charge >= 0.3 is 0 Å². The minimum absolute atomic E-state index is 0.0386. The maximum atomic E-state index is 13.3. The third-order valence-electron chi connectivity index (χ3n) is 8.10. The number of carbonyl (C=O) groups excluding carboxylic acids is 1. The third kappa shape index (κ3) is 5.16. The van der Waals surface area contributed by atoms with Crippen molar-refractivity contribution in [1.29, 1.82) is 0 Å². The van der Waals surface area contributed by atoms with E-state index in [-0.39, 0.29) is 30.0 Å². The van der Waals surface area contributed by atoms with Gasteiger partial charge in [0.15, 0.2) is 0 Å². The van der Waals surface area contributed by atoms with Crippen molar-refractivity contribution in [3.63, 3.8) is 0 Å². The van der Waals surface area contributed by atoms with Crippen molar-refractivity contribution in [3.05, 3.63) is 35.9 Å². The molecule has 2 fully saturated rings. The molecule has 3 nitrogen and oxygen atoms in total. The number of rotatable bonds is 10. The van der Waals surface area contributed by atoms with Crippen LogP contribution in [0.1, 0.15) is 78.2 Å². The van der Waals surface area contributed by atoms with E-state index in [9.17, 15) is 9.90 Å². The molecule has 1 aromatic rings. The smallest absolute Gasteiger partial charge is 0.137 e. The summed E-state index contributed by atoms with van der Waals surface area (Å²) in [5, 5.41) is 9.79. The number of ether oxygens (including phenoxy) is 1. The van der Waals surface area contributed by atoms with Gasteiger partial charge in [-0.15, -0.1) is 0 Å². The lowest BCUT2D eigenvalue weighted by molar-refractivity contribution is -0.136. The molecule has 0 unspecified atom stereocenters. The number of ketones is 1. The quantitative estimate of drug-likeness (QED) is 0.508. The molecule has 0 aliphatic heterocycles. The molecule has 2 aliphatic rings.